The summed E-state index contributed by atoms with van der Waals surface area (Å²) in [5, 5.41) is 6.40. The van der Waals surface area contributed by atoms with Crippen molar-refractivity contribution in [2.24, 2.45) is 0 Å². The second-order valence-corrected chi connectivity index (χ2v) is 7.59. The number of rotatable bonds is 4. The Morgan fingerprint density at radius 1 is 1.13 bits per heavy atom. The third-order valence-electron chi connectivity index (χ3n) is 4.47. The summed E-state index contributed by atoms with van der Waals surface area (Å²) >= 11 is 13.0. The highest BCUT2D eigenvalue weighted by molar-refractivity contribution is 6.38. The Balaban J connectivity index is 1.76. The number of carbonyl (C=O) groups excluding carboxylic acids is 1. The fraction of sp³-hybridized carbons (Fsp3) is 0.158. The molecule has 1 aromatic carbocycles. The van der Waals surface area contributed by atoms with Crippen LogP contribution >= 0.6 is 23.2 Å². The first-order valence-corrected chi connectivity index (χ1v) is 9.61. The molecule has 0 fully saturated rings. The fourth-order valence-corrected chi connectivity index (χ4v) is 3.94. The quantitative estimate of drug-likeness (QED) is 0.495. The topological polar surface area (TPSA) is 115 Å². The molecule has 2 N–H and O–H groups in total. The van der Waals surface area contributed by atoms with Crippen LogP contribution in [0.15, 0.2) is 50.6 Å². The van der Waals surface area contributed by atoms with Crippen LogP contribution in [0.4, 0.5) is 5.69 Å². The number of hydrogen-bond acceptors (Lipinski definition) is 5. The van der Waals surface area contributed by atoms with Crippen molar-refractivity contribution in [2.75, 3.05) is 5.32 Å². The minimum Gasteiger partial charge on any atom is -0.319 e. The maximum Gasteiger partial charge on any atom is 0.439 e. The molecular formula is C19H15Cl2N5O4. The van der Waals surface area contributed by atoms with E-state index >= 15 is 0 Å². The highest BCUT2D eigenvalue weighted by atomic mass is 35.5. The fourth-order valence-electron chi connectivity index (χ4n) is 3.27. The number of pyridine rings is 1. The lowest BCUT2D eigenvalue weighted by atomic mass is 10.2. The molecule has 0 saturated carbocycles. The summed E-state index contributed by atoms with van der Waals surface area (Å²) in [6.07, 6.45) is 1.77. The van der Waals surface area contributed by atoms with E-state index in [1.807, 2.05) is 19.9 Å². The minimum atomic E-state index is -0.842. The smallest absolute Gasteiger partial charge is 0.319 e. The van der Waals surface area contributed by atoms with Crippen LogP contribution in [0.2, 0.25) is 10.0 Å². The molecule has 0 unspecified atom stereocenters. The van der Waals surface area contributed by atoms with Crippen LogP contribution in [0.25, 0.3) is 16.7 Å². The molecule has 9 nitrogen and oxygen atoms in total. The van der Waals surface area contributed by atoms with Crippen molar-refractivity contribution in [3.05, 3.63) is 73.3 Å². The van der Waals surface area contributed by atoms with Gasteiger partial charge >= 0.3 is 5.76 Å². The lowest BCUT2D eigenvalue weighted by Crippen LogP contribution is -2.20. The monoisotopic (exact) mass is 447 g/mol. The molecule has 0 radical (unpaired) electrons. The van der Waals surface area contributed by atoms with Gasteiger partial charge < -0.3 is 14.5 Å². The number of nitrogens with zero attached hydrogens (tertiary/aromatic N) is 3. The van der Waals surface area contributed by atoms with Gasteiger partial charge in [-0.2, -0.15) is 0 Å². The number of nitrogens with one attached hydrogen (secondary N) is 2. The van der Waals surface area contributed by atoms with Gasteiger partial charge in [-0.25, -0.2) is 4.79 Å². The van der Waals surface area contributed by atoms with Gasteiger partial charge in [0, 0.05) is 24.0 Å². The number of amides is 1. The zero-order chi connectivity index (χ0) is 21.6. The van der Waals surface area contributed by atoms with E-state index < -0.39 is 11.7 Å². The van der Waals surface area contributed by atoms with Crippen molar-refractivity contribution in [3.63, 3.8) is 0 Å². The Morgan fingerprint density at radius 3 is 2.43 bits per heavy atom. The number of aromatic nitrogens is 4. The number of fused-ring (bicyclic) bond motifs is 1. The van der Waals surface area contributed by atoms with E-state index in [9.17, 15) is 14.4 Å². The van der Waals surface area contributed by atoms with Crippen molar-refractivity contribution < 1.29 is 9.32 Å². The van der Waals surface area contributed by atoms with Crippen LogP contribution < -0.4 is 16.6 Å². The van der Waals surface area contributed by atoms with Gasteiger partial charge in [-0.1, -0.05) is 23.2 Å². The van der Waals surface area contributed by atoms with E-state index in [2.05, 4.69) is 20.0 Å². The van der Waals surface area contributed by atoms with Crippen LogP contribution in [-0.2, 0) is 0 Å². The third-order valence-corrected chi connectivity index (χ3v) is 5.05. The molecule has 11 heteroatoms. The second-order valence-electron chi connectivity index (χ2n) is 6.78. The van der Waals surface area contributed by atoms with Crippen LogP contribution in [0.1, 0.15) is 30.5 Å². The van der Waals surface area contributed by atoms with Crippen molar-refractivity contribution in [3.8, 4) is 5.69 Å². The number of anilines is 1. The van der Waals surface area contributed by atoms with E-state index in [0.717, 1.165) is 11.0 Å². The highest BCUT2D eigenvalue weighted by Gasteiger charge is 2.18. The maximum absolute atomic E-state index is 12.2. The molecule has 0 spiro atoms. The molecule has 4 aromatic rings. The van der Waals surface area contributed by atoms with Gasteiger partial charge in [0.1, 0.15) is 0 Å². The largest absolute Gasteiger partial charge is 0.439 e. The molecule has 0 saturated heterocycles. The van der Waals surface area contributed by atoms with Gasteiger partial charge in [-0.3, -0.25) is 19.1 Å². The summed E-state index contributed by atoms with van der Waals surface area (Å²) in [5.41, 5.74) is 2.20. The molecular weight excluding hydrogens is 433 g/mol. The summed E-state index contributed by atoms with van der Waals surface area (Å²) < 4.78 is 7.77. The highest BCUT2D eigenvalue weighted by Crippen LogP contribution is 2.35. The standard InChI is InChI=1S/C19H15Cl2N5O4/c1-9(2)26-14-5-6-25(13(14)3-4-15(26)27)16-11(20)7-10(8-12(16)21)22-18(28)17-23-19(29)30-24-17/h3-9H,1-2H3,(H,22,28)(H,23,24,29). The SMILES string of the molecule is CC(C)n1c(=O)ccc2c1ccn2-c1c(Cl)cc(NC(=O)c2noc(=O)[nH]2)cc1Cl. The Labute approximate surface area is 178 Å². The molecule has 0 aliphatic heterocycles. The van der Waals surface area contributed by atoms with Gasteiger partial charge in [0.05, 0.1) is 26.8 Å². The average Bonchev–Trinajstić information content (AvgIpc) is 3.27. The molecule has 3 aromatic heterocycles. The molecule has 154 valence electrons. The average molecular weight is 448 g/mol. The molecule has 0 atom stereocenters. The number of hydrogen-bond donors (Lipinski definition) is 2. The van der Waals surface area contributed by atoms with Crippen molar-refractivity contribution in [1.82, 2.24) is 19.3 Å². The van der Waals surface area contributed by atoms with E-state index in [1.54, 1.807) is 21.4 Å². The number of aromatic amines is 1. The Morgan fingerprint density at radius 2 is 1.83 bits per heavy atom. The molecule has 3 heterocycles. The number of benzene rings is 1. The van der Waals surface area contributed by atoms with Crippen molar-refractivity contribution >= 4 is 45.8 Å². The van der Waals surface area contributed by atoms with E-state index in [0.29, 0.717) is 11.4 Å². The van der Waals surface area contributed by atoms with Gasteiger partial charge in [0.25, 0.3) is 11.5 Å². The first-order chi connectivity index (χ1) is 14.3. The number of halogens is 2. The van der Waals surface area contributed by atoms with Crippen LogP contribution in [-0.4, -0.2) is 25.2 Å². The van der Waals surface area contributed by atoms with E-state index in [1.165, 1.54) is 18.2 Å². The lowest BCUT2D eigenvalue weighted by molar-refractivity contribution is 0.101. The van der Waals surface area contributed by atoms with Gasteiger partial charge in [-0.15, -0.1) is 0 Å². The van der Waals surface area contributed by atoms with E-state index in [4.69, 9.17) is 23.2 Å². The van der Waals surface area contributed by atoms with Crippen molar-refractivity contribution in [1.29, 1.82) is 0 Å². The molecule has 1 amide bonds. The Bertz CT molecular complexity index is 1370. The van der Waals surface area contributed by atoms with Gasteiger partial charge in [0.15, 0.2) is 0 Å². The summed E-state index contributed by atoms with van der Waals surface area (Å²) in [4.78, 5) is 37.5. The zero-order valence-corrected chi connectivity index (χ0v) is 17.3. The second kappa shape index (κ2) is 7.51. The predicted molar refractivity (Wildman–Crippen MR) is 113 cm³/mol. The summed E-state index contributed by atoms with van der Waals surface area (Å²) in [7, 11) is 0. The first kappa shape index (κ1) is 20.0. The summed E-state index contributed by atoms with van der Waals surface area (Å²) in [5.74, 6) is -1.81. The maximum atomic E-state index is 12.2. The van der Waals surface area contributed by atoms with Crippen LogP contribution in [0.3, 0.4) is 0 Å². The normalized spacial score (nSPS) is 11.4. The van der Waals surface area contributed by atoms with Crippen LogP contribution in [0.5, 0.6) is 0 Å². The lowest BCUT2D eigenvalue weighted by Gasteiger charge is -2.15. The molecule has 0 aliphatic rings. The third kappa shape index (κ3) is 3.42. The molecule has 0 aliphatic carbocycles. The predicted octanol–water partition coefficient (Wildman–Crippen LogP) is 3.61. The molecule has 30 heavy (non-hydrogen) atoms. The zero-order valence-electron chi connectivity index (χ0n) is 15.8. The molecule has 4 rings (SSSR count). The Hall–Kier alpha value is -3.30. The summed E-state index contributed by atoms with van der Waals surface area (Å²) in [6.45, 7) is 3.86. The Kier molecular flexibility index (Phi) is 5.00. The van der Waals surface area contributed by atoms with E-state index in [-0.39, 0.29) is 27.5 Å². The summed E-state index contributed by atoms with van der Waals surface area (Å²) in [6, 6.07) is 8.03. The number of H-pyrrole nitrogens is 1. The van der Waals surface area contributed by atoms with Crippen LogP contribution in [0, 0.1) is 0 Å². The minimum absolute atomic E-state index is 0.0245. The number of carbonyl (C=O) groups is 1. The first-order valence-electron chi connectivity index (χ1n) is 8.85. The van der Waals surface area contributed by atoms with Gasteiger partial charge in [0.2, 0.25) is 5.82 Å². The molecule has 0 bridgehead atoms. The van der Waals surface area contributed by atoms with Crippen molar-refractivity contribution in [2.45, 2.75) is 19.9 Å². The van der Waals surface area contributed by atoms with Gasteiger partial charge in [-0.05, 0) is 43.3 Å².